The standard InChI is InChI=1S/C31H28N2O6S2/c1-16(2)38-30(37)26-18(4)32-31-33(27(26)19-9-12-21(40-5)13-10-19)28(34)25(41-31)15-20-11-14-24(39-20)22-7-6-8-23(17(22)3)29(35)36/h6-16,27H,1-5H3,(H,35,36)/b25-15-/t27-/m0/s1. The number of ether oxygens (including phenoxy) is 1. The highest BCUT2D eigenvalue weighted by Gasteiger charge is 2.33. The Kier molecular flexibility index (Phi) is 7.88. The second-order valence-electron chi connectivity index (χ2n) is 9.79. The number of allylic oxidation sites excluding steroid dienone is 1. The summed E-state index contributed by atoms with van der Waals surface area (Å²) in [5.41, 5.74) is 2.72. The molecule has 210 valence electrons. The summed E-state index contributed by atoms with van der Waals surface area (Å²) < 4.78 is 13.5. The zero-order chi connectivity index (χ0) is 29.4. The van der Waals surface area contributed by atoms with Gasteiger partial charge in [0.25, 0.3) is 5.56 Å². The van der Waals surface area contributed by atoms with E-state index in [1.807, 2.05) is 30.5 Å². The summed E-state index contributed by atoms with van der Waals surface area (Å²) in [5, 5.41) is 9.48. The largest absolute Gasteiger partial charge is 0.478 e. The number of benzene rings is 2. The minimum Gasteiger partial charge on any atom is -0.478 e. The first-order valence-corrected chi connectivity index (χ1v) is 14.9. The topological polar surface area (TPSA) is 111 Å². The molecule has 0 aliphatic carbocycles. The summed E-state index contributed by atoms with van der Waals surface area (Å²) >= 11 is 2.81. The molecular formula is C31H28N2O6S2. The van der Waals surface area contributed by atoms with E-state index in [9.17, 15) is 19.5 Å². The molecule has 1 aliphatic heterocycles. The molecule has 0 amide bonds. The van der Waals surface area contributed by atoms with Crippen molar-refractivity contribution in [1.82, 2.24) is 4.57 Å². The average molecular weight is 589 g/mol. The summed E-state index contributed by atoms with van der Waals surface area (Å²) in [6, 6.07) is 15.5. The SMILES string of the molecule is CSc1ccc([C@H]2C(C(=O)OC(C)C)=C(C)N=c3s/c(=C\c4ccc(-c5cccc(C(=O)O)c5C)o4)c(=O)n32)cc1. The van der Waals surface area contributed by atoms with Gasteiger partial charge >= 0.3 is 11.9 Å². The lowest BCUT2D eigenvalue weighted by Gasteiger charge is -2.25. The summed E-state index contributed by atoms with van der Waals surface area (Å²) in [6.07, 6.45) is 3.29. The maximum absolute atomic E-state index is 13.9. The number of furan rings is 1. The Morgan fingerprint density at radius 1 is 1.12 bits per heavy atom. The van der Waals surface area contributed by atoms with E-state index in [2.05, 4.69) is 4.99 Å². The zero-order valence-corrected chi connectivity index (χ0v) is 24.8. The van der Waals surface area contributed by atoms with Gasteiger partial charge in [0.1, 0.15) is 11.5 Å². The van der Waals surface area contributed by atoms with E-state index in [0.717, 1.165) is 10.5 Å². The van der Waals surface area contributed by atoms with Crippen molar-refractivity contribution in [3.05, 3.63) is 108 Å². The number of hydrogen-bond donors (Lipinski definition) is 1. The molecule has 1 aliphatic rings. The number of aromatic carboxylic acids is 1. The van der Waals surface area contributed by atoms with Crippen LogP contribution in [-0.4, -0.2) is 34.0 Å². The molecule has 41 heavy (non-hydrogen) atoms. The maximum atomic E-state index is 13.9. The fourth-order valence-corrected chi connectivity index (χ4v) is 6.24. The number of rotatable bonds is 7. The Hall–Kier alpha value is -4.15. The number of thioether (sulfide) groups is 1. The summed E-state index contributed by atoms with van der Waals surface area (Å²) in [4.78, 5) is 44.9. The molecule has 10 heteroatoms. The van der Waals surface area contributed by atoms with E-state index < -0.39 is 18.0 Å². The highest BCUT2D eigenvalue weighted by Crippen LogP contribution is 2.32. The maximum Gasteiger partial charge on any atom is 0.338 e. The van der Waals surface area contributed by atoms with Gasteiger partial charge in [0, 0.05) is 16.5 Å². The number of nitrogens with zero attached hydrogens (tertiary/aromatic N) is 2. The number of carboxylic acid groups (broad SMARTS) is 1. The van der Waals surface area contributed by atoms with Crippen LogP contribution in [0.3, 0.4) is 0 Å². The van der Waals surface area contributed by atoms with Crippen molar-refractivity contribution in [3.8, 4) is 11.3 Å². The van der Waals surface area contributed by atoms with Crippen molar-refractivity contribution in [3.63, 3.8) is 0 Å². The number of carboxylic acids is 1. The highest BCUT2D eigenvalue weighted by molar-refractivity contribution is 7.98. The number of thiazole rings is 1. The van der Waals surface area contributed by atoms with E-state index in [0.29, 0.717) is 43.3 Å². The van der Waals surface area contributed by atoms with Crippen LogP contribution in [0.4, 0.5) is 0 Å². The second-order valence-corrected chi connectivity index (χ2v) is 11.7. The van der Waals surface area contributed by atoms with Crippen molar-refractivity contribution >= 4 is 41.1 Å². The second kappa shape index (κ2) is 11.4. The molecule has 4 aromatic rings. The zero-order valence-electron chi connectivity index (χ0n) is 23.1. The van der Waals surface area contributed by atoms with E-state index in [1.165, 1.54) is 11.3 Å². The van der Waals surface area contributed by atoms with E-state index in [1.54, 1.807) is 80.4 Å². The first kappa shape index (κ1) is 28.4. The summed E-state index contributed by atoms with van der Waals surface area (Å²) in [7, 11) is 0. The van der Waals surface area contributed by atoms with Crippen LogP contribution in [0, 0.1) is 6.92 Å². The van der Waals surface area contributed by atoms with Crippen LogP contribution >= 0.6 is 23.1 Å². The smallest absolute Gasteiger partial charge is 0.338 e. The first-order valence-electron chi connectivity index (χ1n) is 12.9. The molecule has 2 aromatic carbocycles. The minimum atomic E-state index is -1.01. The lowest BCUT2D eigenvalue weighted by molar-refractivity contribution is -0.143. The van der Waals surface area contributed by atoms with Gasteiger partial charge < -0.3 is 14.3 Å². The van der Waals surface area contributed by atoms with Crippen LogP contribution in [0.2, 0.25) is 0 Å². The molecule has 5 rings (SSSR count). The molecular weight excluding hydrogens is 560 g/mol. The van der Waals surface area contributed by atoms with Crippen LogP contribution < -0.4 is 14.9 Å². The van der Waals surface area contributed by atoms with E-state index >= 15 is 0 Å². The fraction of sp³-hybridized carbons (Fsp3) is 0.226. The molecule has 0 radical (unpaired) electrons. The van der Waals surface area contributed by atoms with Gasteiger partial charge in [-0.05, 0) is 75.4 Å². The summed E-state index contributed by atoms with van der Waals surface area (Å²) in [5.74, 6) is -0.599. The van der Waals surface area contributed by atoms with Gasteiger partial charge in [0.15, 0.2) is 4.80 Å². The van der Waals surface area contributed by atoms with Crippen LogP contribution in [0.5, 0.6) is 0 Å². The number of fused-ring (bicyclic) bond motifs is 1. The Bertz CT molecular complexity index is 1880. The van der Waals surface area contributed by atoms with Gasteiger partial charge in [0.05, 0.1) is 33.5 Å². The predicted molar refractivity (Wildman–Crippen MR) is 159 cm³/mol. The van der Waals surface area contributed by atoms with Gasteiger partial charge in [-0.2, -0.15) is 0 Å². The molecule has 0 saturated carbocycles. The van der Waals surface area contributed by atoms with Crippen LogP contribution in [0.15, 0.2) is 85.0 Å². The molecule has 1 atom stereocenters. The van der Waals surface area contributed by atoms with Crippen molar-refractivity contribution in [2.75, 3.05) is 6.26 Å². The van der Waals surface area contributed by atoms with Gasteiger partial charge in [-0.25, -0.2) is 14.6 Å². The Morgan fingerprint density at radius 3 is 2.51 bits per heavy atom. The number of aromatic nitrogens is 1. The van der Waals surface area contributed by atoms with Crippen molar-refractivity contribution in [1.29, 1.82) is 0 Å². The number of esters is 1. The Morgan fingerprint density at radius 2 is 1.85 bits per heavy atom. The molecule has 8 nitrogen and oxygen atoms in total. The van der Waals surface area contributed by atoms with E-state index in [4.69, 9.17) is 9.15 Å². The molecule has 0 fully saturated rings. The van der Waals surface area contributed by atoms with Crippen LogP contribution in [0.1, 0.15) is 54.1 Å². The molecule has 0 spiro atoms. The number of carbonyl (C=O) groups excluding carboxylic acids is 1. The van der Waals surface area contributed by atoms with Crippen LogP contribution in [-0.2, 0) is 9.53 Å². The van der Waals surface area contributed by atoms with Gasteiger partial charge in [0.2, 0.25) is 0 Å². The van der Waals surface area contributed by atoms with Gasteiger partial charge in [-0.15, -0.1) is 11.8 Å². The molecule has 3 heterocycles. The van der Waals surface area contributed by atoms with Crippen LogP contribution in [0.25, 0.3) is 17.4 Å². The van der Waals surface area contributed by atoms with Gasteiger partial charge in [-0.3, -0.25) is 9.36 Å². The number of carbonyl (C=O) groups is 2. The molecule has 0 unspecified atom stereocenters. The lowest BCUT2D eigenvalue weighted by Crippen LogP contribution is -2.40. The Balaban J connectivity index is 1.62. The Labute approximate surface area is 244 Å². The quantitative estimate of drug-likeness (QED) is 0.234. The molecule has 0 bridgehead atoms. The first-order chi connectivity index (χ1) is 19.6. The van der Waals surface area contributed by atoms with Gasteiger partial charge in [-0.1, -0.05) is 35.6 Å². The molecule has 2 aromatic heterocycles. The third-order valence-electron chi connectivity index (χ3n) is 6.75. The number of hydrogen-bond acceptors (Lipinski definition) is 8. The van der Waals surface area contributed by atoms with Crippen molar-refractivity contribution in [2.45, 2.75) is 44.7 Å². The van der Waals surface area contributed by atoms with Crippen molar-refractivity contribution in [2.24, 2.45) is 4.99 Å². The average Bonchev–Trinajstić information content (AvgIpc) is 3.51. The minimum absolute atomic E-state index is 0.196. The molecule has 0 saturated heterocycles. The highest BCUT2D eigenvalue weighted by atomic mass is 32.2. The third kappa shape index (κ3) is 5.45. The van der Waals surface area contributed by atoms with E-state index in [-0.39, 0.29) is 17.2 Å². The monoisotopic (exact) mass is 588 g/mol. The third-order valence-corrected chi connectivity index (χ3v) is 8.47. The van der Waals surface area contributed by atoms with Crippen molar-refractivity contribution < 1.29 is 23.8 Å². The summed E-state index contributed by atoms with van der Waals surface area (Å²) in [6.45, 7) is 7.04. The molecule has 1 N–H and O–H groups in total. The lowest BCUT2D eigenvalue weighted by atomic mass is 9.96. The fourth-order valence-electron chi connectivity index (χ4n) is 4.80. The normalized spacial score (nSPS) is 15.2. The predicted octanol–water partition coefficient (Wildman–Crippen LogP) is 5.18.